The Kier molecular flexibility index (Phi) is 5.62. The van der Waals surface area contributed by atoms with Gasteiger partial charge in [0.1, 0.15) is 18.2 Å². The molecule has 0 aliphatic rings. The molecule has 0 aromatic heterocycles. The smallest absolute Gasteiger partial charge is 0.131 e. The van der Waals surface area contributed by atoms with E-state index >= 15 is 0 Å². The molecule has 0 heterocycles. The molecule has 0 bridgehead atoms. The van der Waals surface area contributed by atoms with Crippen LogP contribution in [0.25, 0.3) is 0 Å². The molecular formula is C17H14ClFO2. The highest BCUT2D eigenvalue weighted by atomic mass is 35.5. The maximum Gasteiger partial charge on any atom is 0.131 e. The van der Waals surface area contributed by atoms with Crippen LogP contribution in [-0.4, -0.2) is 11.7 Å². The fourth-order valence-corrected chi connectivity index (χ4v) is 1.84. The number of aliphatic hydroxyl groups is 1. The van der Waals surface area contributed by atoms with E-state index in [1.807, 2.05) is 12.1 Å². The summed E-state index contributed by atoms with van der Waals surface area (Å²) < 4.78 is 19.2. The number of hydrogen-bond donors (Lipinski definition) is 1. The largest absolute Gasteiger partial charge is 0.489 e. The van der Waals surface area contributed by atoms with Gasteiger partial charge in [-0.05, 0) is 30.3 Å². The second kappa shape index (κ2) is 7.68. The molecule has 2 aromatic rings. The summed E-state index contributed by atoms with van der Waals surface area (Å²) in [5, 5.41) is 9.04. The number of ether oxygens (including phenoxy) is 1. The molecule has 2 aromatic carbocycles. The molecule has 0 fully saturated rings. The van der Waals surface area contributed by atoms with Crippen molar-refractivity contribution in [3.8, 4) is 17.6 Å². The molecule has 2 nitrogen and oxygen atoms in total. The van der Waals surface area contributed by atoms with Crippen LogP contribution in [0.3, 0.4) is 0 Å². The SMILES string of the molecule is OCCC#Cc1cccc(OCc2ccc(Cl)cc2F)c1. The number of benzene rings is 2. The minimum absolute atomic E-state index is 0.0407. The van der Waals surface area contributed by atoms with Crippen LogP contribution in [0.5, 0.6) is 5.75 Å². The lowest BCUT2D eigenvalue weighted by atomic mass is 10.2. The minimum atomic E-state index is -0.388. The Morgan fingerprint density at radius 2 is 2.05 bits per heavy atom. The van der Waals surface area contributed by atoms with E-state index in [4.69, 9.17) is 21.4 Å². The molecule has 1 N–H and O–H groups in total. The predicted octanol–water partition coefficient (Wildman–Crippen LogP) is 3.79. The number of rotatable bonds is 4. The summed E-state index contributed by atoms with van der Waals surface area (Å²) in [4.78, 5) is 0. The highest BCUT2D eigenvalue weighted by Crippen LogP contribution is 2.18. The van der Waals surface area contributed by atoms with E-state index in [0.29, 0.717) is 22.8 Å². The molecule has 0 saturated carbocycles. The van der Waals surface area contributed by atoms with Crippen molar-refractivity contribution in [3.05, 3.63) is 64.4 Å². The Morgan fingerprint density at radius 3 is 2.81 bits per heavy atom. The number of hydrogen-bond acceptors (Lipinski definition) is 2. The van der Waals surface area contributed by atoms with Gasteiger partial charge in [0, 0.05) is 22.6 Å². The zero-order valence-corrected chi connectivity index (χ0v) is 12.0. The van der Waals surface area contributed by atoms with E-state index in [-0.39, 0.29) is 19.0 Å². The Balaban J connectivity index is 2.03. The molecular weight excluding hydrogens is 291 g/mol. The average molecular weight is 305 g/mol. The normalized spacial score (nSPS) is 9.86. The topological polar surface area (TPSA) is 29.5 Å². The van der Waals surface area contributed by atoms with Crippen molar-refractivity contribution in [1.82, 2.24) is 0 Å². The first-order chi connectivity index (χ1) is 10.2. The third-order valence-corrected chi connectivity index (χ3v) is 2.95. The van der Waals surface area contributed by atoms with Gasteiger partial charge < -0.3 is 9.84 Å². The first-order valence-corrected chi connectivity index (χ1v) is 6.83. The van der Waals surface area contributed by atoms with Gasteiger partial charge in [-0.1, -0.05) is 35.6 Å². The van der Waals surface area contributed by atoms with Gasteiger partial charge in [0.25, 0.3) is 0 Å². The van der Waals surface area contributed by atoms with Crippen molar-refractivity contribution in [2.24, 2.45) is 0 Å². The molecule has 4 heteroatoms. The Morgan fingerprint density at radius 1 is 1.19 bits per heavy atom. The number of aliphatic hydroxyl groups excluding tert-OH is 1. The van der Waals surface area contributed by atoms with E-state index in [1.165, 1.54) is 6.07 Å². The molecule has 0 atom stereocenters. The monoisotopic (exact) mass is 304 g/mol. The minimum Gasteiger partial charge on any atom is -0.489 e. The second-order valence-electron chi connectivity index (χ2n) is 4.33. The van der Waals surface area contributed by atoms with Gasteiger partial charge in [0.2, 0.25) is 0 Å². The lowest BCUT2D eigenvalue weighted by Gasteiger charge is -2.07. The Bertz CT molecular complexity index is 674. The molecule has 0 amide bonds. The van der Waals surface area contributed by atoms with Crippen molar-refractivity contribution in [2.75, 3.05) is 6.61 Å². The summed E-state index contributed by atoms with van der Waals surface area (Å²) in [5.41, 5.74) is 1.23. The predicted molar refractivity (Wildman–Crippen MR) is 80.8 cm³/mol. The van der Waals surface area contributed by atoms with Crippen LogP contribution >= 0.6 is 11.6 Å². The fraction of sp³-hybridized carbons (Fsp3) is 0.176. The van der Waals surface area contributed by atoms with Crippen LogP contribution in [0.4, 0.5) is 4.39 Å². The third-order valence-electron chi connectivity index (χ3n) is 2.71. The van der Waals surface area contributed by atoms with Crippen molar-refractivity contribution in [3.63, 3.8) is 0 Å². The standard InChI is InChI=1S/C17H14ClFO2/c18-15-8-7-14(17(19)11-15)12-21-16-6-3-5-13(10-16)4-1-2-9-20/h3,5-8,10-11,20H,2,9,12H2. The van der Waals surface area contributed by atoms with Crippen LogP contribution in [0, 0.1) is 17.7 Å². The van der Waals surface area contributed by atoms with Crippen LogP contribution in [0.15, 0.2) is 42.5 Å². The third kappa shape index (κ3) is 4.78. The van der Waals surface area contributed by atoms with E-state index in [1.54, 1.807) is 24.3 Å². The highest BCUT2D eigenvalue weighted by Gasteiger charge is 2.04. The first kappa shape index (κ1) is 15.4. The fourth-order valence-electron chi connectivity index (χ4n) is 1.68. The van der Waals surface area contributed by atoms with Crippen molar-refractivity contribution in [2.45, 2.75) is 13.0 Å². The van der Waals surface area contributed by atoms with E-state index < -0.39 is 0 Å². The van der Waals surface area contributed by atoms with Gasteiger partial charge in [-0.2, -0.15) is 0 Å². The zero-order chi connectivity index (χ0) is 15.1. The van der Waals surface area contributed by atoms with Crippen molar-refractivity contribution < 1.29 is 14.2 Å². The van der Waals surface area contributed by atoms with Crippen LogP contribution < -0.4 is 4.74 Å². The maximum atomic E-state index is 13.6. The molecule has 0 aliphatic heterocycles. The number of halogens is 2. The lowest BCUT2D eigenvalue weighted by Crippen LogP contribution is -1.98. The van der Waals surface area contributed by atoms with E-state index in [2.05, 4.69) is 11.8 Å². The molecule has 0 radical (unpaired) electrons. The molecule has 2 rings (SSSR count). The molecule has 108 valence electrons. The summed E-state index contributed by atoms with van der Waals surface area (Å²) in [6, 6.07) is 11.7. The molecule has 0 unspecified atom stereocenters. The summed E-state index contributed by atoms with van der Waals surface area (Å²) in [6.45, 7) is 0.162. The van der Waals surface area contributed by atoms with Crippen LogP contribution in [0.1, 0.15) is 17.5 Å². The molecule has 0 aliphatic carbocycles. The quantitative estimate of drug-likeness (QED) is 0.871. The van der Waals surface area contributed by atoms with Gasteiger partial charge in [0.05, 0.1) is 6.61 Å². The summed E-state index contributed by atoms with van der Waals surface area (Å²) in [6.07, 6.45) is 0.432. The summed E-state index contributed by atoms with van der Waals surface area (Å²) in [7, 11) is 0. The van der Waals surface area contributed by atoms with E-state index in [0.717, 1.165) is 5.56 Å². The second-order valence-corrected chi connectivity index (χ2v) is 4.76. The molecule has 0 spiro atoms. The zero-order valence-electron chi connectivity index (χ0n) is 11.3. The maximum absolute atomic E-state index is 13.6. The summed E-state index contributed by atoms with van der Waals surface area (Å²) in [5.74, 6) is 5.98. The Hall–Kier alpha value is -2.02. The average Bonchev–Trinajstić information content (AvgIpc) is 2.47. The van der Waals surface area contributed by atoms with Gasteiger partial charge in [-0.3, -0.25) is 0 Å². The van der Waals surface area contributed by atoms with Crippen LogP contribution in [0.2, 0.25) is 5.02 Å². The highest BCUT2D eigenvalue weighted by molar-refractivity contribution is 6.30. The van der Waals surface area contributed by atoms with Gasteiger partial charge in [-0.25, -0.2) is 4.39 Å². The summed E-state index contributed by atoms with van der Waals surface area (Å²) >= 11 is 5.70. The van der Waals surface area contributed by atoms with Gasteiger partial charge in [0.15, 0.2) is 0 Å². The molecule has 0 saturated heterocycles. The first-order valence-electron chi connectivity index (χ1n) is 6.45. The van der Waals surface area contributed by atoms with Crippen molar-refractivity contribution in [1.29, 1.82) is 0 Å². The van der Waals surface area contributed by atoms with Gasteiger partial charge in [-0.15, -0.1) is 0 Å². The molecule has 21 heavy (non-hydrogen) atoms. The van der Waals surface area contributed by atoms with Crippen LogP contribution in [-0.2, 0) is 6.61 Å². The Labute approximate surface area is 128 Å². The van der Waals surface area contributed by atoms with Crippen molar-refractivity contribution >= 4 is 11.6 Å². The lowest BCUT2D eigenvalue weighted by molar-refractivity contribution is 0.300. The van der Waals surface area contributed by atoms with Gasteiger partial charge >= 0.3 is 0 Å². The van der Waals surface area contributed by atoms with E-state index in [9.17, 15) is 4.39 Å².